The van der Waals surface area contributed by atoms with Crippen LogP contribution in [0.15, 0.2) is 54.6 Å². The van der Waals surface area contributed by atoms with Crippen LogP contribution in [-0.4, -0.2) is 22.0 Å². The van der Waals surface area contributed by atoms with E-state index in [1.807, 2.05) is 6.92 Å². The van der Waals surface area contributed by atoms with Crippen LogP contribution in [0, 0.1) is 0 Å². The van der Waals surface area contributed by atoms with E-state index in [1.54, 1.807) is 30.3 Å². The van der Waals surface area contributed by atoms with E-state index in [4.69, 9.17) is 9.47 Å². The van der Waals surface area contributed by atoms with Crippen molar-refractivity contribution in [2.75, 3.05) is 0 Å². The lowest BCUT2D eigenvalue weighted by Gasteiger charge is -2.37. The number of phenols is 2. The SMILES string of the molecule is CCCC(=O)c1cc(O)cc2c1C1(OC(=O)c3ccccc31)c1ccc(O)cc1O2. The highest BCUT2D eigenvalue weighted by molar-refractivity contribution is 6.02. The molecule has 1 unspecified atom stereocenters. The van der Waals surface area contributed by atoms with Crippen LogP contribution in [0.3, 0.4) is 0 Å². The number of carbonyl (C=O) groups excluding carboxylic acids is 2. The van der Waals surface area contributed by atoms with Crippen LogP contribution in [0.25, 0.3) is 0 Å². The largest absolute Gasteiger partial charge is 0.508 e. The lowest BCUT2D eigenvalue weighted by molar-refractivity contribution is 0.0220. The molecule has 2 aliphatic rings. The summed E-state index contributed by atoms with van der Waals surface area (Å²) in [6.07, 6.45) is 0.891. The molecule has 150 valence electrons. The van der Waals surface area contributed by atoms with Crippen LogP contribution in [0.4, 0.5) is 0 Å². The zero-order valence-electron chi connectivity index (χ0n) is 16.1. The molecule has 1 atom stereocenters. The molecule has 0 saturated carbocycles. The highest BCUT2D eigenvalue weighted by Gasteiger charge is 2.55. The third-order valence-corrected chi connectivity index (χ3v) is 5.55. The molecule has 1 spiro atoms. The Labute approximate surface area is 172 Å². The number of Topliss-reactive ketones (excluding diaryl/α,β-unsaturated/α-hetero) is 1. The Hall–Kier alpha value is -3.80. The molecule has 6 heteroatoms. The predicted octanol–water partition coefficient (Wildman–Crippen LogP) is 4.65. The molecule has 2 aliphatic heterocycles. The number of phenolic OH excluding ortho intramolecular Hbond substituents is 2. The Bertz CT molecular complexity index is 1230. The van der Waals surface area contributed by atoms with Crippen LogP contribution in [0.2, 0.25) is 0 Å². The molecule has 0 aliphatic carbocycles. The van der Waals surface area contributed by atoms with Gasteiger partial charge in [0.15, 0.2) is 11.4 Å². The van der Waals surface area contributed by atoms with Crippen molar-refractivity contribution in [1.29, 1.82) is 0 Å². The molecular formula is C24H18O6. The minimum absolute atomic E-state index is 0.0209. The van der Waals surface area contributed by atoms with Gasteiger partial charge in [-0.05, 0) is 30.7 Å². The Kier molecular flexibility index (Phi) is 3.86. The average molecular weight is 402 g/mol. The Morgan fingerprint density at radius 1 is 0.967 bits per heavy atom. The van der Waals surface area contributed by atoms with E-state index < -0.39 is 11.6 Å². The summed E-state index contributed by atoms with van der Waals surface area (Å²) in [6.45, 7) is 1.89. The number of ketones is 1. The van der Waals surface area contributed by atoms with Crippen molar-refractivity contribution in [2.45, 2.75) is 25.4 Å². The van der Waals surface area contributed by atoms with Crippen LogP contribution in [-0.2, 0) is 10.3 Å². The minimum Gasteiger partial charge on any atom is -0.508 e. The highest BCUT2D eigenvalue weighted by Crippen LogP contribution is 2.58. The predicted molar refractivity (Wildman–Crippen MR) is 107 cm³/mol. The molecule has 0 radical (unpaired) electrons. The number of fused-ring (bicyclic) bond motifs is 6. The van der Waals surface area contributed by atoms with Crippen molar-refractivity contribution < 1.29 is 29.3 Å². The number of rotatable bonds is 3. The van der Waals surface area contributed by atoms with Crippen molar-refractivity contribution in [3.8, 4) is 23.0 Å². The molecule has 6 nitrogen and oxygen atoms in total. The van der Waals surface area contributed by atoms with Gasteiger partial charge in [-0.15, -0.1) is 0 Å². The summed E-state index contributed by atoms with van der Waals surface area (Å²) in [5.74, 6) is -0.366. The van der Waals surface area contributed by atoms with Gasteiger partial charge >= 0.3 is 5.97 Å². The van der Waals surface area contributed by atoms with Gasteiger partial charge in [-0.25, -0.2) is 4.79 Å². The molecule has 30 heavy (non-hydrogen) atoms. The number of hydrogen-bond acceptors (Lipinski definition) is 6. The Morgan fingerprint density at radius 3 is 2.53 bits per heavy atom. The van der Waals surface area contributed by atoms with Gasteiger partial charge in [0.2, 0.25) is 0 Å². The standard InChI is InChI=1S/C24H18O6/c1-2-5-19(27)16-10-14(26)12-21-22(16)24(18-9-8-13(25)11-20(18)29-21)17-7-4-3-6-15(17)23(28)30-24/h3-4,6-12,25-26H,2,5H2,1H3. The van der Waals surface area contributed by atoms with Crippen molar-refractivity contribution in [3.05, 3.63) is 82.4 Å². The maximum absolute atomic E-state index is 13.0. The second kappa shape index (κ2) is 6.35. The first-order chi connectivity index (χ1) is 14.5. The maximum atomic E-state index is 13.0. The second-order valence-electron chi connectivity index (χ2n) is 7.44. The van der Waals surface area contributed by atoms with Gasteiger partial charge in [-0.3, -0.25) is 4.79 Å². The molecule has 0 aromatic heterocycles. The molecule has 0 fully saturated rings. The van der Waals surface area contributed by atoms with E-state index in [9.17, 15) is 19.8 Å². The minimum atomic E-state index is -1.42. The summed E-state index contributed by atoms with van der Waals surface area (Å²) >= 11 is 0. The van der Waals surface area contributed by atoms with E-state index >= 15 is 0 Å². The topological polar surface area (TPSA) is 93.1 Å². The summed E-state index contributed by atoms with van der Waals surface area (Å²) in [5.41, 5.74) is 0.693. The van der Waals surface area contributed by atoms with Crippen LogP contribution >= 0.6 is 0 Å². The summed E-state index contributed by atoms with van der Waals surface area (Å²) in [7, 11) is 0. The normalized spacial score (nSPS) is 18.2. The number of carbonyl (C=O) groups is 2. The van der Waals surface area contributed by atoms with Gasteiger partial charge in [0, 0.05) is 35.2 Å². The molecular weight excluding hydrogens is 384 g/mol. The van der Waals surface area contributed by atoms with Crippen molar-refractivity contribution in [3.63, 3.8) is 0 Å². The second-order valence-corrected chi connectivity index (χ2v) is 7.44. The quantitative estimate of drug-likeness (QED) is 0.489. The fourth-order valence-corrected chi connectivity index (χ4v) is 4.37. The van der Waals surface area contributed by atoms with Crippen molar-refractivity contribution in [2.24, 2.45) is 0 Å². The van der Waals surface area contributed by atoms with Crippen molar-refractivity contribution >= 4 is 11.8 Å². The van der Waals surface area contributed by atoms with Crippen LogP contribution in [0.1, 0.15) is 57.2 Å². The average Bonchev–Trinajstić information content (AvgIpc) is 3.00. The summed E-state index contributed by atoms with van der Waals surface area (Å²) in [5, 5.41) is 20.3. The zero-order valence-corrected chi connectivity index (χ0v) is 16.1. The molecule has 2 N–H and O–H groups in total. The number of aromatic hydroxyl groups is 2. The third kappa shape index (κ3) is 2.37. The number of esters is 1. The monoisotopic (exact) mass is 402 g/mol. The van der Waals surface area contributed by atoms with E-state index in [0.717, 1.165) is 0 Å². The first kappa shape index (κ1) is 18.2. The smallest absolute Gasteiger partial charge is 0.340 e. The van der Waals surface area contributed by atoms with Gasteiger partial charge in [0.05, 0.1) is 11.1 Å². The van der Waals surface area contributed by atoms with E-state index in [2.05, 4.69) is 0 Å². The van der Waals surface area contributed by atoms with Crippen LogP contribution in [0.5, 0.6) is 23.0 Å². The first-order valence-electron chi connectivity index (χ1n) is 9.70. The third-order valence-electron chi connectivity index (χ3n) is 5.55. The first-order valence-corrected chi connectivity index (χ1v) is 9.70. The maximum Gasteiger partial charge on any atom is 0.340 e. The van der Waals surface area contributed by atoms with Gasteiger partial charge in [-0.1, -0.05) is 25.1 Å². The Balaban J connectivity index is 1.91. The molecule has 5 rings (SSSR count). The molecule has 0 amide bonds. The molecule has 3 aromatic rings. The lowest BCUT2D eigenvalue weighted by Crippen LogP contribution is -2.35. The van der Waals surface area contributed by atoms with Gasteiger partial charge in [-0.2, -0.15) is 0 Å². The lowest BCUT2D eigenvalue weighted by atomic mass is 9.75. The van der Waals surface area contributed by atoms with Crippen molar-refractivity contribution in [1.82, 2.24) is 0 Å². The number of hydrogen-bond donors (Lipinski definition) is 2. The van der Waals surface area contributed by atoms with Crippen LogP contribution < -0.4 is 4.74 Å². The highest BCUT2D eigenvalue weighted by atomic mass is 16.6. The van der Waals surface area contributed by atoms with Gasteiger partial charge in [0.1, 0.15) is 23.0 Å². The fourth-order valence-electron chi connectivity index (χ4n) is 4.37. The summed E-state index contributed by atoms with van der Waals surface area (Å²) in [6, 6.07) is 14.3. The fraction of sp³-hybridized carbons (Fsp3) is 0.167. The number of benzene rings is 3. The molecule has 2 heterocycles. The molecule has 0 bridgehead atoms. The molecule has 3 aromatic carbocycles. The number of ether oxygens (including phenoxy) is 2. The van der Waals surface area contributed by atoms with E-state index in [0.29, 0.717) is 28.7 Å². The zero-order chi connectivity index (χ0) is 21.0. The van der Waals surface area contributed by atoms with E-state index in [-0.39, 0.29) is 40.8 Å². The summed E-state index contributed by atoms with van der Waals surface area (Å²) < 4.78 is 12.0. The molecule has 0 saturated heterocycles. The summed E-state index contributed by atoms with van der Waals surface area (Å²) in [4.78, 5) is 25.9. The van der Waals surface area contributed by atoms with E-state index in [1.165, 1.54) is 24.3 Å². The Morgan fingerprint density at radius 2 is 1.73 bits per heavy atom. The van der Waals surface area contributed by atoms with Gasteiger partial charge in [0.25, 0.3) is 0 Å². The van der Waals surface area contributed by atoms with Gasteiger partial charge < -0.3 is 19.7 Å².